The predicted molar refractivity (Wildman–Crippen MR) is 114 cm³/mol. The van der Waals surface area contributed by atoms with Crippen LogP contribution in [-0.4, -0.2) is 62.6 Å². The molecule has 3 aliphatic rings. The van der Waals surface area contributed by atoms with Crippen LogP contribution in [0, 0.1) is 5.92 Å². The van der Waals surface area contributed by atoms with Gasteiger partial charge in [-0.1, -0.05) is 18.2 Å². The standard InChI is InChI=1S/C21H30N4O4S/c1-20(2,22)19(27)23-16-12-14(16)18(26)24-10-8-21(9-11-24)13-25(30(3,28)29)17-7-5-4-6-15(17)21/h4-7,14,16H,8-13,22H2,1-3H3,(H,23,27)/t14-,16?/m1/s1. The van der Waals surface area contributed by atoms with Crippen LogP contribution in [0.3, 0.4) is 0 Å². The Hall–Kier alpha value is -2.13. The second kappa shape index (κ2) is 6.95. The molecule has 30 heavy (non-hydrogen) atoms. The third kappa shape index (κ3) is 3.69. The van der Waals surface area contributed by atoms with Crippen LogP contribution in [0.15, 0.2) is 24.3 Å². The van der Waals surface area contributed by atoms with Crippen LogP contribution >= 0.6 is 0 Å². The van der Waals surface area contributed by atoms with Gasteiger partial charge in [0, 0.05) is 31.1 Å². The Morgan fingerprint density at radius 3 is 2.43 bits per heavy atom. The van der Waals surface area contributed by atoms with E-state index in [1.165, 1.54) is 10.6 Å². The maximum atomic E-state index is 12.9. The van der Waals surface area contributed by atoms with Crippen molar-refractivity contribution in [2.45, 2.75) is 50.1 Å². The van der Waals surface area contributed by atoms with Crippen LogP contribution in [-0.2, 0) is 25.0 Å². The molecule has 3 N–H and O–H groups in total. The fraction of sp³-hybridized carbons (Fsp3) is 0.619. The number of amides is 2. The first-order chi connectivity index (χ1) is 13.9. The van der Waals surface area contributed by atoms with E-state index in [0.29, 0.717) is 26.1 Å². The van der Waals surface area contributed by atoms with Gasteiger partial charge < -0.3 is 16.0 Å². The van der Waals surface area contributed by atoms with Crippen LogP contribution in [0.4, 0.5) is 5.69 Å². The van der Waals surface area contributed by atoms with Crippen molar-refractivity contribution < 1.29 is 18.0 Å². The molecular formula is C21H30N4O4S. The second-order valence-electron chi connectivity index (χ2n) is 9.54. The molecule has 2 atom stereocenters. The highest BCUT2D eigenvalue weighted by Gasteiger charge is 2.51. The molecule has 2 amide bonds. The lowest BCUT2D eigenvalue weighted by Crippen LogP contribution is -2.51. The summed E-state index contributed by atoms with van der Waals surface area (Å²) in [7, 11) is -3.35. The Bertz CT molecular complexity index is 977. The number of fused-ring (bicyclic) bond motifs is 2. The van der Waals surface area contributed by atoms with E-state index in [-0.39, 0.29) is 29.2 Å². The van der Waals surface area contributed by atoms with Crippen LogP contribution in [0.5, 0.6) is 0 Å². The maximum Gasteiger partial charge on any atom is 0.239 e. The summed E-state index contributed by atoms with van der Waals surface area (Å²) in [6, 6.07) is 7.54. The van der Waals surface area contributed by atoms with Crippen LogP contribution < -0.4 is 15.4 Å². The average molecular weight is 435 g/mol. The summed E-state index contributed by atoms with van der Waals surface area (Å²) in [5.74, 6) is -0.367. The Morgan fingerprint density at radius 2 is 1.83 bits per heavy atom. The third-order valence-corrected chi connectivity index (χ3v) is 7.76. The number of sulfonamides is 1. The van der Waals surface area contributed by atoms with E-state index < -0.39 is 15.6 Å². The number of hydrogen-bond donors (Lipinski definition) is 2. The quantitative estimate of drug-likeness (QED) is 0.719. The van der Waals surface area contributed by atoms with Gasteiger partial charge in [-0.15, -0.1) is 0 Å². The fourth-order valence-corrected chi connectivity index (χ4v) is 5.68. The highest BCUT2D eigenvalue weighted by molar-refractivity contribution is 7.92. The molecular weight excluding hydrogens is 404 g/mol. The molecule has 1 aromatic carbocycles. The third-order valence-electron chi connectivity index (χ3n) is 6.63. The maximum absolute atomic E-state index is 12.9. The fourth-order valence-electron chi connectivity index (χ4n) is 4.68. The van der Waals surface area contributed by atoms with Crippen molar-refractivity contribution in [1.29, 1.82) is 0 Å². The van der Waals surface area contributed by atoms with E-state index in [4.69, 9.17) is 5.73 Å². The summed E-state index contributed by atoms with van der Waals surface area (Å²) >= 11 is 0. The summed E-state index contributed by atoms with van der Waals surface area (Å²) < 4.78 is 26.1. The first-order valence-electron chi connectivity index (χ1n) is 10.4. The van der Waals surface area contributed by atoms with Crippen LogP contribution in [0.2, 0.25) is 0 Å². The number of piperidine rings is 1. The van der Waals surface area contributed by atoms with Crippen molar-refractivity contribution >= 4 is 27.5 Å². The molecule has 2 aliphatic heterocycles. The van der Waals surface area contributed by atoms with Gasteiger partial charge in [0.1, 0.15) is 0 Å². The number of benzene rings is 1. The molecule has 2 heterocycles. The number of anilines is 1. The van der Waals surface area contributed by atoms with Gasteiger partial charge in [0.15, 0.2) is 0 Å². The number of nitrogens with two attached hydrogens (primary N) is 1. The minimum Gasteiger partial charge on any atom is -0.351 e. The molecule has 4 rings (SSSR count). The molecule has 9 heteroatoms. The number of rotatable bonds is 4. The van der Waals surface area contributed by atoms with Gasteiger partial charge in [-0.25, -0.2) is 8.42 Å². The largest absolute Gasteiger partial charge is 0.351 e. The van der Waals surface area contributed by atoms with E-state index >= 15 is 0 Å². The Morgan fingerprint density at radius 1 is 1.20 bits per heavy atom. The number of hydrogen-bond acceptors (Lipinski definition) is 5. The number of carbonyl (C=O) groups is 2. The minimum absolute atomic E-state index is 0.0660. The number of carbonyl (C=O) groups excluding carboxylic acids is 2. The SMILES string of the molecule is CC(C)(N)C(=O)NC1C[C@H]1C(=O)N1CCC2(CC1)CN(S(C)(=O)=O)c1ccccc12. The number of nitrogens with one attached hydrogen (secondary N) is 1. The molecule has 1 aliphatic carbocycles. The van der Waals surface area contributed by atoms with E-state index in [9.17, 15) is 18.0 Å². The molecule has 164 valence electrons. The first kappa shape index (κ1) is 21.1. The molecule has 1 spiro atoms. The van der Waals surface area contributed by atoms with Crippen LogP contribution in [0.25, 0.3) is 0 Å². The van der Waals surface area contributed by atoms with Crippen molar-refractivity contribution in [3.63, 3.8) is 0 Å². The molecule has 1 unspecified atom stereocenters. The molecule has 1 aromatic rings. The van der Waals surface area contributed by atoms with Gasteiger partial charge in [0.25, 0.3) is 0 Å². The van der Waals surface area contributed by atoms with Gasteiger partial charge >= 0.3 is 0 Å². The van der Waals surface area contributed by atoms with E-state index in [2.05, 4.69) is 5.32 Å². The summed E-state index contributed by atoms with van der Waals surface area (Å²) in [4.78, 5) is 26.8. The molecule has 0 radical (unpaired) electrons. The van der Waals surface area contributed by atoms with Crippen LogP contribution in [0.1, 0.15) is 38.7 Å². The van der Waals surface area contributed by atoms with Crippen molar-refractivity contribution in [2.24, 2.45) is 11.7 Å². The molecule has 8 nitrogen and oxygen atoms in total. The molecule has 2 fully saturated rings. The lowest BCUT2D eigenvalue weighted by Gasteiger charge is -2.40. The van der Waals surface area contributed by atoms with E-state index in [1.54, 1.807) is 13.8 Å². The monoisotopic (exact) mass is 434 g/mol. The zero-order chi connectivity index (χ0) is 21.9. The van der Waals surface area contributed by atoms with Crippen molar-refractivity contribution in [3.8, 4) is 0 Å². The topological polar surface area (TPSA) is 113 Å². The lowest BCUT2D eigenvalue weighted by atomic mass is 9.74. The van der Waals surface area contributed by atoms with Crippen molar-refractivity contribution in [3.05, 3.63) is 29.8 Å². The summed E-state index contributed by atoms with van der Waals surface area (Å²) in [5.41, 5.74) is 6.41. The summed E-state index contributed by atoms with van der Waals surface area (Å²) in [5, 5.41) is 2.86. The second-order valence-corrected chi connectivity index (χ2v) is 11.4. The normalized spacial score (nSPS) is 25.2. The predicted octanol–water partition coefficient (Wildman–Crippen LogP) is 0.568. The van der Waals surface area contributed by atoms with Crippen molar-refractivity contribution in [1.82, 2.24) is 10.2 Å². The van der Waals surface area contributed by atoms with Gasteiger partial charge in [0.2, 0.25) is 21.8 Å². The Balaban J connectivity index is 1.41. The van der Waals surface area contributed by atoms with Gasteiger partial charge in [-0.3, -0.25) is 13.9 Å². The highest BCUT2D eigenvalue weighted by Crippen LogP contribution is 2.48. The zero-order valence-electron chi connectivity index (χ0n) is 17.7. The van der Waals surface area contributed by atoms with E-state index in [1.807, 2.05) is 29.2 Å². The average Bonchev–Trinajstić information content (AvgIpc) is 3.36. The Kier molecular flexibility index (Phi) is 4.89. The first-order valence-corrected chi connectivity index (χ1v) is 12.2. The molecule has 0 bridgehead atoms. The number of likely N-dealkylation sites (tertiary alicyclic amines) is 1. The van der Waals surface area contributed by atoms with Gasteiger partial charge in [-0.05, 0) is 44.7 Å². The zero-order valence-corrected chi connectivity index (χ0v) is 18.5. The van der Waals surface area contributed by atoms with Crippen molar-refractivity contribution in [2.75, 3.05) is 30.2 Å². The number of para-hydroxylation sites is 1. The molecule has 1 saturated heterocycles. The number of nitrogens with zero attached hydrogens (tertiary/aromatic N) is 2. The summed E-state index contributed by atoms with van der Waals surface area (Å²) in [6.07, 6.45) is 3.33. The lowest BCUT2D eigenvalue weighted by molar-refractivity contribution is -0.134. The van der Waals surface area contributed by atoms with Gasteiger partial charge in [0.05, 0.1) is 23.4 Å². The minimum atomic E-state index is -3.35. The Labute approximate surface area is 177 Å². The van der Waals surface area contributed by atoms with E-state index in [0.717, 1.165) is 24.1 Å². The summed E-state index contributed by atoms with van der Waals surface area (Å²) in [6.45, 7) is 4.89. The van der Waals surface area contributed by atoms with Gasteiger partial charge in [-0.2, -0.15) is 0 Å². The smallest absolute Gasteiger partial charge is 0.239 e. The molecule has 0 aromatic heterocycles. The highest BCUT2D eigenvalue weighted by atomic mass is 32.2. The molecule has 1 saturated carbocycles.